The fraction of sp³-hybridized carbons (Fsp3) is 0.800. The molecule has 2 rings (SSSR count). The first-order valence-electron chi connectivity index (χ1n) is 4.50. The maximum Gasteiger partial charge on any atom is 0.0239 e. The molecule has 2 aliphatic rings. The van der Waals surface area contributed by atoms with Gasteiger partial charge >= 0.3 is 0 Å². The summed E-state index contributed by atoms with van der Waals surface area (Å²) in [7, 11) is 0. The highest BCUT2D eigenvalue weighted by atomic mass is 15.2. The molecule has 1 heteroatoms. The minimum absolute atomic E-state index is 0.490. The minimum Gasteiger partial charge on any atom is -0.377 e. The molecular formula is C10H17N. The van der Waals surface area contributed by atoms with Gasteiger partial charge in [-0.15, -0.1) is 0 Å². The summed E-state index contributed by atoms with van der Waals surface area (Å²) in [4.78, 5) is 2.45. The highest BCUT2D eigenvalue weighted by Gasteiger charge is 2.40. The second kappa shape index (κ2) is 2.02. The molecule has 2 unspecified atom stereocenters. The van der Waals surface area contributed by atoms with Crippen LogP contribution in [0.5, 0.6) is 0 Å². The van der Waals surface area contributed by atoms with E-state index in [1.54, 1.807) is 0 Å². The molecule has 0 amide bonds. The van der Waals surface area contributed by atoms with Crippen molar-refractivity contribution in [1.82, 2.24) is 4.90 Å². The van der Waals surface area contributed by atoms with E-state index >= 15 is 0 Å². The first-order chi connectivity index (χ1) is 5.07. The van der Waals surface area contributed by atoms with Gasteiger partial charge in [-0.1, -0.05) is 26.8 Å². The Balaban J connectivity index is 2.15. The van der Waals surface area contributed by atoms with Crippen LogP contribution in [0.3, 0.4) is 0 Å². The van der Waals surface area contributed by atoms with Gasteiger partial charge in [-0.3, -0.25) is 0 Å². The smallest absolute Gasteiger partial charge is 0.0239 e. The van der Waals surface area contributed by atoms with E-state index in [0.29, 0.717) is 5.41 Å². The largest absolute Gasteiger partial charge is 0.377 e. The van der Waals surface area contributed by atoms with Crippen molar-refractivity contribution in [2.24, 2.45) is 17.3 Å². The van der Waals surface area contributed by atoms with E-state index in [1.165, 1.54) is 13.1 Å². The van der Waals surface area contributed by atoms with Crippen LogP contribution < -0.4 is 0 Å². The highest BCUT2D eigenvalue weighted by Crippen LogP contribution is 2.41. The van der Waals surface area contributed by atoms with Crippen LogP contribution in [-0.2, 0) is 0 Å². The Kier molecular flexibility index (Phi) is 1.33. The summed E-state index contributed by atoms with van der Waals surface area (Å²) in [6.45, 7) is 9.63. The van der Waals surface area contributed by atoms with Crippen molar-refractivity contribution in [3.05, 3.63) is 12.3 Å². The fourth-order valence-electron chi connectivity index (χ4n) is 2.33. The molecule has 0 aromatic heterocycles. The first kappa shape index (κ1) is 7.20. The zero-order valence-electron chi connectivity index (χ0n) is 7.67. The molecule has 2 aliphatic heterocycles. The second-order valence-corrected chi connectivity index (χ2v) is 4.93. The SMILES string of the molecule is CC(C)(C)C1CN2C=CC1C2. The maximum absolute atomic E-state index is 2.45. The summed E-state index contributed by atoms with van der Waals surface area (Å²) >= 11 is 0. The molecule has 0 aromatic rings. The molecule has 0 spiro atoms. The third kappa shape index (κ3) is 1.07. The summed E-state index contributed by atoms with van der Waals surface area (Å²) in [5, 5.41) is 0. The molecule has 0 N–H and O–H groups in total. The zero-order chi connectivity index (χ0) is 8.06. The summed E-state index contributed by atoms with van der Waals surface area (Å²) in [5.41, 5.74) is 0.490. The topological polar surface area (TPSA) is 3.24 Å². The average Bonchev–Trinajstić information content (AvgIpc) is 2.42. The predicted octanol–water partition coefficient (Wildman–Crippen LogP) is 2.11. The number of hydrogen-bond donors (Lipinski definition) is 0. The van der Waals surface area contributed by atoms with E-state index in [2.05, 4.69) is 37.9 Å². The van der Waals surface area contributed by atoms with E-state index in [4.69, 9.17) is 0 Å². The van der Waals surface area contributed by atoms with Crippen LogP contribution in [0.15, 0.2) is 12.3 Å². The summed E-state index contributed by atoms with van der Waals surface area (Å²) < 4.78 is 0. The van der Waals surface area contributed by atoms with E-state index in [-0.39, 0.29) is 0 Å². The van der Waals surface area contributed by atoms with Crippen molar-refractivity contribution in [3.8, 4) is 0 Å². The molecular weight excluding hydrogens is 134 g/mol. The number of hydrogen-bond acceptors (Lipinski definition) is 1. The minimum atomic E-state index is 0.490. The Bertz CT molecular complexity index is 188. The third-order valence-electron chi connectivity index (χ3n) is 3.05. The molecule has 1 nitrogen and oxygen atoms in total. The second-order valence-electron chi connectivity index (χ2n) is 4.93. The number of fused-ring (bicyclic) bond motifs is 2. The third-order valence-corrected chi connectivity index (χ3v) is 3.05. The molecule has 11 heavy (non-hydrogen) atoms. The normalized spacial score (nSPS) is 35.4. The number of rotatable bonds is 0. The molecule has 0 saturated carbocycles. The Morgan fingerprint density at radius 1 is 1.27 bits per heavy atom. The molecule has 0 aromatic carbocycles. The van der Waals surface area contributed by atoms with Gasteiger partial charge < -0.3 is 4.90 Å². The van der Waals surface area contributed by atoms with Gasteiger partial charge in [-0.05, 0) is 17.5 Å². The molecule has 0 radical (unpaired) electrons. The predicted molar refractivity (Wildman–Crippen MR) is 47.1 cm³/mol. The average molecular weight is 151 g/mol. The molecule has 2 heterocycles. The van der Waals surface area contributed by atoms with E-state index < -0.39 is 0 Å². The Morgan fingerprint density at radius 3 is 2.27 bits per heavy atom. The van der Waals surface area contributed by atoms with Gasteiger partial charge in [0.2, 0.25) is 0 Å². The van der Waals surface area contributed by atoms with E-state index in [0.717, 1.165) is 11.8 Å². The highest BCUT2D eigenvalue weighted by molar-refractivity contribution is 5.09. The zero-order valence-corrected chi connectivity index (χ0v) is 7.67. The van der Waals surface area contributed by atoms with Crippen molar-refractivity contribution in [2.75, 3.05) is 13.1 Å². The van der Waals surface area contributed by atoms with Crippen LogP contribution in [0.25, 0.3) is 0 Å². The maximum atomic E-state index is 2.45. The molecule has 0 aliphatic carbocycles. The van der Waals surface area contributed by atoms with Crippen LogP contribution >= 0.6 is 0 Å². The van der Waals surface area contributed by atoms with E-state index in [1.807, 2.05) is 0 Å². The quantitative estimate of drug-likeness (QED) is 0.512. The van der Waals surface area contributed by atoms with Crippen molar-refractivity contribution < 1.29 is 0 Å². The van der Waals surface area contributed by atoms with Crippen molar-refractivity contribution in [3.63, 3.8) is 0 Å². The van der Waals surface area contributed by atoms with Crippen molar-refractivity contribution in [2.45, 2.75) is 20.8 Å². The van der Waals surface area contributed by atoms with Gasteiger partial charge in [-0.2, -0.15) is 0 Å². The van der Waals surface area contributed by atoms with Crippen LogP contribution in [0.4, 0.5) is 0 Å². The van der Waals surface area contributed by atoms with Crippen molar-refractivity contribution >= 4 is 0 Å². The van der Waals surface area contributed by atoms with Gasteiger partial charge in [0, 0.05) is 19.0 Å². The fourth-order valence-corrected chi connectivity index (χ4v) is 2.33. The summed E-state index contributed by atoms with van der Waals surface area (Å²) in [6, 6.07) is 0. The molecule has 1 fully saturated rings. The van der Waals surface area contributed by atoms with Crippen LogP contribution in [0.2, 0.25) is 0 Å². The molecule has 1 saturated heterocycles. The van der Waals surface area contributed by atoms with Gasteiger partial charge in [-0.25, -0.2) is 0 Å². The van der Waals surface area contributed by atoms with Gasteiger partial charge in [0.05, 0.1) is 0 Å². The lowest BCUT2D eigenvalue weighted by Gasteiger charge is -2.31. The van der Waals surface area contributed by atoms with E-state index in [9.17, 15) is 0 Å². The monoisotopic (exact) mass is 151 g/mol. The summed E-state index contributed by atoms with van der Waals surface area (Å²) in [6.07, 6.45) is 4.63. The van der Waals surface area contributed by atoms with Gasteiger partial charge in [0.15, 0.2) is 0 Å². The molecule has 62 valence electrons. The van der Waals surface area contributed by atoms with Crippen LogP contribution in [0.1, 0.15) is 20.8 Å². The first-order valence-corrected chi connectivity index (χ1v) is 4.50. The number of nitrogens with zero attached hydrogens (tertiary/aromatic N) is 1. The standard InChI is InChI=1S/C10H17N/c1-10(2,3)9-7-11-5-4-8(9)6-11/h4-5,8-9H,6-7H2,1-3H3. The Morgan fingerprint density at radius 2 is 2.00 bits per heavy atom. The van der Waals surface area contributed by atoms with Crippen LogP contribution in [0, 0.1) is 17.3 Å². The Hall–Kier alpha value is -0.460. The molecule has 2 bridgehead atoms. The Labute approximate surface area is 69.1 Å². The summed E-state index contributed by atoms with van der Waals surface area (Å²) in [5.74, 6) is 1.72. The van der Waals surface area contributed by atoms with Gasteiger partial charge in [0.25, 0.3) is 0 Å². The van der Waals surface area contributed by atoms with Crippen LogP contribution in [-0.4, -0.2) is 18.0 Å². The lowest BCUT2D eigenvalue weighted by molar-refractivity contribution is 0.213. The van der Waals surface area contributed by atoms with Gasteiger partial charge in [0.1, 0.15) is 0 Å². The lowest BCUT2D eigenvalue weighted by atomic mass is 9.75. The lowest BCUT2D eigenvalue weighted by Crippen LogP contribution is -2.28. The molecule has 2 atom stereocenters. The van der Waals surface area contributed by atoms with Crippen molar-refractivity contribution in [1.29, 1.82) is 0 Å².